The standard InChI is InChI=1S/C10H9N3S/c14-10-12-8-4-2-1-3-7(8)9-5-6-11-13(9)10/h1-6,9,11H,(H,12,14)/t9-/m0/s1. The third kappa shape index (κ3) is 0.943. The summed E-state index contributed by atoms with van der Waals surface area (Å²) in [6.07, 6.45) is 4.02. The van der Waals surface area contributed by atoms with Gasteiger partial charge in [-0.2, -0.15) is 0 Å². The Kier molecular flexibility index (Phi) is 1.52. The van der Waals surface area contributed by atoms with Crippen LogP contribution in [0.15, 0.2) is 36.5 Å². The van der Waals surface area contributed by atoms with Crippen molar-refractivity contribution in [3.8, 4) is 0 Å². The van der Waals surface area contributed by atoms with Gasteiger partial charge in [0.2, 0.25) is 0 Å². The zero-order valence-electron chi connectivity index (χ0n) is 7.40. The highest BCUT2D eigenvalue weighted by Crippen LogP contribution is 2.34. The van der Waals surface area contributed by atoms with Gasteiger partial charge in [0.05, 0.1) is 6.04 Å². The van der Waals surface area contributed by atoms with Gasteiger partial charge in [-0.15, -0.1) is 0 Å². The minimum Gasteiger partial charge on any atom is -0.331 e. The SMILES string of the molecule is S=C1Nc2ccccc2[C@@H]2C=CNN12. The van der Waals surface area contributed by atoms with E-state index in [1.165, 1.54) is 5.56 Å². The Labute approximate surface area is 87.4 Å². The molecule has 4 heteroatoms. The molecule has 0 aliphatic carbocycles. The Hall–Kier alpha value is -1.55. The summed E-state index contributed by atoms with van der Waals surface area (Å²) in [6.45, 7) is 0. The molecule has 2 aliphatic heterocycles. The third-order valence-electron chi connectivity index (χ3n) is 2.51. The van der Waals surface area contributed by atoms with Crippen LogP contribution in [-0.2, 0) is 0 Å². The first-order valence-electron chi connectivity index (χ1n) is 4.48. The fourth-order valence-corrected chi connectivity index (χ4v) is 2.13. The van der Waals surface area contributed by atoms with Gasteiger partial charge in [0.25, 0.3) is 0 Å². The van der Waals surface area contributed by atoms with Crippen molar-refractivity contribution in [3.05, 3.63) is 42.1 Å². The molecule has 0 unspecified atom stereocenters. The number of hydrogen-bond acceptors (Lipinski definition) is 2. The van der Waals surface area contributed by atoms with Gasteiger partial charge in [0.15, 0.2) is 5.11 Å². The van der Waals surface area contributed by atoms with Gasteiger partial charge in [0, 0.05) is 17.5 Å². The maximum atomic E-state index is 5.23. The first kappa shape index (κ1) is 7.82. The number of nitrogens with zero attached hydrogens (tertiary/aromatic N) is 1. The van der Waals surface area contributed by atoms with Crippen molar-refractivity contribution in [2.75, 3.05) is 5.32 Å². The number of anilines is 1. The molecule has 1 aromatic carbocycles. The van der Waals surface area contributed by atoms with Crippen molar-refractivity contribution in [2.24, 2.45) is 0 Å². The van der Waals surface area contributed by atoms with Gasteiger partial charge in [-0.3, -0.25) is 5.01 Å². The number of para-hydroxylation sites is 1. The second-order valence-corrected chi connectivity index (χ2v) is 3.71. The van der Waals surface area contributed by atoms with E-state index in [2.05, 4.69) is 22.9 Å². The fraction of sp³-hybridized carbons (Fsp3) is 0.100. The monoisotopic (exact) mass is 203 g/mol. The third-order valence-corrected chi connectivity index (χ3v) is 2.81. The van der Waals surface area contributed by atoms with Gasteiger partial charge >= 0.3 is 0 Å². The van der Waals surface area contributed by atoms with Crippen LogP contribution in [0.25, 0.3) is 0 Å². The van der Waals surface area contributed by atoms with Crippen molar-refractivity contribution < 1.29 is 0 Å². The van der Waals surface area contributed by atoms with Crippen molar-refractivity contribution in [1.82, 2.24) is 10.4 Å². The average molecular weight is 203 g/mol. The molecule has 1 aromatic rings. The van der Waals surface area contributed by atoms with E-state index in [1.807, 2.05) is 29.4 Å². The molecular formula is C10H9N3S. The van der Waals surface area contributed by atoms with E-state index in [1.54, 1.807) is 0 Å². The summed E-state index contributed by atoms with van der Waals surface area (Å²) in [4.78, 5) is 0. The lowest BCUT2D eigenvalue weighted by Crippen LogP contribution is -2.44. The fourth-order valence-electron chi connectivity index (χ4n) is 1.85. The molecule has 2 heterocycles. The van der Waals surface area contributed by atoms with E-state index >= 15 is 0 Å². The van der Waals surface area contributed by atoms with E-state index < -0.39 is 0 Å². The molecular weight excluding hydrogens is 194 g/mol. The van der Waals surface area contributed by atoms with Crippen LogP contribution < -0.4 is 10.7 Å². The largest absolute Gasteiger partial charge is 0.331 e. The van der Waals surface area contributed by atoms with Crippen LogP contribution in [0.3, 0.4) is 0 Å². The number of nitrogens with one attached hydrogen (secondary N) is 2. The van der Waals surface area contributed by atoms with Gasteiger partial charge in [-0.05, 0) is 24.4 Å². The molecule has 3 rings (SSSR count). The van der Waals surface area contributed by atoms with Crippen LogP contribution in [-0.4, -0.2) is 10.1 Å². The second kappa shape index (κ2) is 2.72. The summed E-state index contributed by atoms with van der Waals surface area (Å²) in [5.74, 6) is 0. The van der Waals surface area contributed by atoms with E-state index in [4.69, 9.17) is 12.2 Å². The maximum absolute atomic E-state index is 5.23. The molecule has 1 atom stereocenters. The highest BCUT2D eigenvalue weighted by molar-refractivity contribution is 7.80. The van der Waals surface area contributed by atoms with Gasteiger partial charge in [0.1, 0.15) is 0 Å². The Morgan fingerprint density at radius 2 is 2.14 bits per heavy atom. The molecule has 0 aromatic heterocycles. The van der Waals surface area contributed by atoms with Crippen LogP contribution in [0.5, 0.6) is 0 Å². The molecule has 2 N–H and O–H groups in total. The van der Waals surface area contributed by atoms with Gasteiger partial charge < -0.3 is 10.7 Å². The number of thiocarbonyl (C=S) groups is 1. The predicted molar refractivity (Wildman–Crippen MR) is 59.5 cm³/mol. The lowest BCUT2D eigenvalue weighted by molar-refractivity contribution is 0.338. The summed E-state index contributed by atoms with van der Waals surface area (Å²) in [5.41, 5.74) is 5.45. The molecule has 3 nitrogen and oxygen atoms in total. The molecule has 0 saturated heterocycles. The molecule has 0 saturated carbocycles. The lowest BCUT2D eigenvalue weighted by atomic mass is 10.0. The highest BCUT2D eigenvalue weighted by Gasteiger charge is 2.30. The van der Waals surface area contributed by atoms with Crippen LogP contribution in [0, 0.1) is 0 Å². The summed E-state index contributed by atoms with van der Waals surface area (Å²) >= 11 is 5.23. The molecule has 0 spiro atoms. The number of fused-ring (bicyclic) bond motifs is 3. The van der Waals surface area contributed by atoms with E-state index in [9.17, 15) is 0 Å². The number of benzene rings is 1. The quantitative estimate of drug-likeness (QED) is 0.628. The zero-order valence-corrected chi connectivity index (χ0v) is 8.21. The van der Waals surface area contributed by atoms with Crippen molar-refractivity contribution in [1.29, 1.82) is 0 Å². The molecule has 14 heavy (non-hydrogen) atoms. The normalized spacial score (nSPS) is 22.4. The Morgan fingerprint density at radius 1 is 1.29 bits per heavy atom. The zero-order chi connectivity index (χ0) is 9.54. The minimum atomic E-state index is 0.236. The molecule has 0 amide bonds. The second-order valence-electron chi connectivity index (χ2n) is 3.32. The van der Waals surface area contributed by atoms with Crippen molar-refractivity contribution in [3.63, 3.8) is 0 Å². The molecule has 70 valence electrons. The van der Waals surface area contributed by atoms with Crippen LogP contribution in [0.2, 0.25) is 0 Å². The van der Waals surface area contributed by atoms with E-state index in [0.29, 0.717) is 0 Å². The lowest BCUT2D eigenvalue weighted by Gasteiger charge is -2.33. The van der Waals surface area contributed by atoms with Crippen LogP contribution in [0.4, 0.5) is 5.69 Å². The first-order valence-corrected chi connectivity index (χ1v) is 4.89. The van der Waals surface area contributed by atoms with Crippen LogP contribution in [0.1, 0.15) is 11.6 Å². The molecule has 2 aliphatic rings. The van der Waals surface area contributed by atoms with E-state index in [-0.39, 0.29) is 6.04 Å². The van der Waals surface area contributed by atoms with Gasteiger partial charge in [-0.25, -0.2) is 0 Å². The Balaban J connectivity index is 2.15. The highest BCUT2D eigenvalue weighted by atomic mass is 32.1. The molecule has 0 fully saturated rings. The smallest absolute Gasteiger partial charge is 0.193 e. The first-order chi connectivity index (χ1) is 6.86. The Bertz CT molecular complexity index is 427. The number of hydrogen-bond donors (Lipinski definition) is 2. The molecule has 0 radical (unpaired) electrons. The minimum absolute atomic E-state index is 0.236. The maximum Gasteiger partial charge on any atom is 0.193 e. The van der Waals surface area contributed by atoms with Crippen molar-refractivity contribution >= 4 is 23.0 Å². The van der Waals surface area contributed by atoms with Gasteiger partial charge in [-0.1, -0.05) is 18.2 Å². The summed E-state index contributed by atoms with van der Waals surface area (Å²) < 4.78 is 0. The van der Waals surface area contributed by atoms with Crippen molar-refractivity contribution in [2.45, 2.75) is 6.04 Å². The number of rotatable bonds is 0. The molecule has 0 bridgehead atoms. The summed E-state index contributed by atoms with van der Waals surface area (Å²) in [5, 5.41) is 5.85. The Morgan fingerprint density at radius 3 is 3.07 bits per heavy atom. The average Bonchev–Trinajstić information content (AvgIpc) is 2.67. The van der Waals surface area contributed by atoms with Crippen LogP contribution >= 0.6 is 12.2 Å². The topological polar surface area (TPSA) is 27.3 Å². The van der Waals surface area contributed by atoms with E-state index in [0.717, 1.165) is 10.8 Å². The number of hydrazine groups is 1. The predicted octanol–water partition coefficient (Wildman–Crippen LogP) is 1.77. The summed E-state index contributed by atoms with van der Waals surface area (Å²) in [6, 6.07) is 8.44. The summed E-state index contributed by atoms with van der Waals surface area (Å²) in [7, 11) is 0.